The van der Waals surface area contributed by atoms with Crippen LogP contribution in [0.3, 0.4) is 0 Å². The molecule has 106 valence electrons. The molecule has 0 spiro atoms. The largest absolute Gasteiger partial charge is 0.493 e. The van der Waals surface area contributed by atoms with Gasteiger partial charge in [0.1, 0.15) is 5.75 Å². The third kappa shape index (κ3) is 2.82. The van der Waals surface area contributed by atoms with Crippen molar-refractivity contribution in [2.24, 2.45) is 0 Å². The van der Waals surface area contributed by atoms with E-state index in [9.17, 15) is 0 Å². The van der Waals surface area contributed by atoms with Gasteiger partial charge in [-0.15, -0.1) is 11.3 Å². The van der Waals surface area contributed by atoms with Crippen LogP contribution in [-0.4, -0.2) is 13.2 Å². The Hall–Kier alpha value is -0.360. The Bertz CT molecular complexity index is 607. The molecule has 1 aromatic carbocycles. The Morgan fingerprint density at radius 2 is 2.20 bits per heavy atom. The van der Waals surface area contributed by atoms with Crippen LogP contribution in [0.4, 0.5) is 0 Å². The number of fused-ring (bicyclic) bond motifs is 1. The maximum atomic E-state index is 5.59. The molecule has 1 atom stereocenters. The molecule has 0 fully saturated rings. The summed E-state index contributed by atoms with van der Waals surface area (Å²) < 4.78 is 7.84. The van der Waals surface area contributed by atoms with Crippen molar-refractivity contribution in [1.82, 2.24) is 5.32 Å². The summed E-state index contributed by atoms with van der Waals surface area (Å²) in [6, 6.07) is 8.96. The smallest absolute Gasteiger partial charge is 0.122 e. The second kappa shape index (κ2) is 6.18. The van der Waals surface area contributed by atoms with E-state index >= 15 is 0 Å². The second-order valence-electron chi connectivity index (χ2n) is 4.73. The van der Waals surface area contributed by atoms with E-state index in [0.29, 0.717) is 0 Å². The molecule has 0 bridgehead atoms. The normalized spacial score (nSPS) is 14.9. The second-order valence-corrected chi connectivity index (χ2v) is 7.98. The highest BCUT2D eigenvalue weighted by Gasteiger charge is 2.20. The Morgan fingerprint density at radius 1 is 1.35 bits per heavy atom. The number of nitrogens with one attached hydrogen (secondary N) is 1. The number of hydrogen-bond acceptors (Lipinski definition) is 3. The molecule has 0 aliphatic carbocycles. The fraction of sp³-hybridized carbons (Fsp3) is 0.333. The fourth-order valence-corrected chi connectivity index (χ4v) is 4.67. The van der Waals surface area contributed by atoms with Crippen LogP contribution in [-0.2, 0) is 6.42 Å². The molecule has 20 heavy (non-hydrogen) atoms. The van der Waals surface area contributed by atoms with Gasteiger partial charge in [-0.1, -0.05) is 19.1 Å². The van der Waals surface area contributed by atoms with Gasteiger partial charge < -0.3 is 10.1 Å². The summed E-state index contributed by atoms with van der Waals surface area (Å²) >= 11 is 8.92. The maximum Gasteiger partial charge on any atom is 0.122 e. The number of hydrogen-bond donors (Lipinski definition) is 1. The number of thiophene rings is 1. The van der Waals surface area contributed by atoms with Crippen molar-refractivity contribution >= 4 is 43.2 Å². The van der Waals surface area contributed by atoms with Gasteiger partial charge in [0, 0.05) is 15.8 Å². The van der Waals surface area contributed by atoms with Crippen LogP contribution in [0.5, 0.6) is 5.75 Å². The van der Waals surface area contributed by atoms with E-state index in [2.05, 4.69) is 68.4 Å². The van der Waals surface area contributed by atoms with E-state index in [4.69, 9.17) is 4.74 Å². The molecule has 2 aromatic rings. The molecule has 3 rings (SSSR count). The number of halogens is 2. The highest BCUT2D eigenvalue weighted by molar-refractivity contribution is 9.13. The molecule has 2 heterocycles. The lowest BCUT2D eigenvalue weighted by Crippen LogP contribution is -2.21. The molecule has 0 amide bonds. The first-order chi connectivity index (χ1) is 9.69. The van der Waals surface area contributed by atoms with E-state index < -0.39 is 0 Å². The van der Waals surface area contributed by atoms with Gasteiger partial charge in [-0.05, 0) is 61.7 Å². The predicted molar refractivity (Wildman–Crippen MR) is 90.9 cm³/mol. The van der Waals surface area contributed by atoms with Gasteiger partial charge in [-0.2, -0.15) is 0 Å². The van der Waals surface area contributed by atoms with Gasteiger partial charge in [0.25, 0.3) is 0 Å². The van der Waals surface area contributed by atoms with Gasteiger partial charge in [0.2, 0.25) is 0 Å². The fourth-order valence-electron chi connectivity index (χ4n) is 2.48. The molecule has 0 saturated heterocycles. The van der Waals surface area contributed by atoms with Gasteiger partial charge in [0.15, 0.2) is 0 Å². The van der Waals surface area contributed by atoms with Gasteiger partial charge >= 0.3 is 0 Å². The molecule has 1 aromatic heterocycles. The lowest BCUT2D eigenvalue weighted by molar-refractivity contribution is 0.357. The first-order valence-corrected chi connectivity index (χ1v) is 9.03. The van der Waals surface area contributed by atoms with E-state index in [0.717, 1.165) is 33.6 Å². The van der Waals surface area contributed by atoms with Crippen LogP contribution in [0, 0.1) is 0 Å². The van der Waals surface area contributed by atoms with Crippen molar-refractivity contribution in [2.75, 3.05) is 13.2 Å². The van der Waals surface area contributed by atoms with Crippen molar-refractivity contribution in [3.05, 3.63) is 48.5 Å². The van der Waals surface area contributed by atoms with Crippen LogP contribution in [0.15, 0.2) is 32.5 Å². The highest BCUT2D eigenvalue weighted by atomic mass is 79.9. The average Bonchev–Trinajstić information content (AvgIpc) is 3.02. The summed E-state index contributed by atoms with van der Waals surface area (Å²) in [6.45, 7) is 3.88. The SMILES string of the molecule is CCNC(c1ccc2c(c1)CCO2)c1cc(Br)c(Br)s1. The molecular formula is C15H15Br2NOS. The summed E-state index contributed by atoms with van der Waals surface area (Å²) in [6.07, 6.45) is 1.01. The van der Waals surface area contributed by atoms with E-state index in [-0.39, 0.29) is 6.04 Å². The van der Waals surface area contributed by atoms with Gasteiger partial charge in [-0.3, -0.25) is 0 Å². The molecular weight excluding hydrogens is 402 g/mol. The summed E-state index contributed by atoms with van der Waals surface area (Å²) in [7, 11) is 0. The molecule has 2 nitrogen and oxygen atoms in total. The van der Waals surface area contributed by atoms with E-state index in [1.165, 1.54) is 16.0 Å². The van der Waals surface area contributed by atoms with Gasteiger partial charge in [0.05, 0.1) is 16.4 Å². The van der Waals surface area contributed by atoms with Crippen LogP contribution in [0.2, 0.25) is 0 Å². The van der Waals surface area contributed by atoms with Crippen LogP contribution >= 0.6 is 43.2 Å². The van der Waals surface area contributed by atoms with Crippen molar-refractivity contribution < 1.29 is 4.74 Å². The zero-order valence-corrected chi connectivity index (χ0v) is 15.1. The Balaban J connectivity index is 1.98. The van der Waals surface area contributed by atoms with Crippen molar-refractivity contribution in [1.29, 1.82) is 0 Å². The van der Waals surface area contributed by atoms with Crippen LogP contribution < -0.4 is 10.1 Å². The zero-order chi connectivity index (χ0) is 14.1. The van der Waals surface area contributed by atoms with Crippen LogP contribution in [0.1, 0.15) is 29.0 Å². The van der Waals surface area contributed by atoms with Crippen LogP contribution in [0.25, 0.3) is 0 Å². The van der Waals surface area contributed by atoms with Crippen molar-refractivity contribution in [3.63, 3.8) is 0 Å². The standard InChI is InChI=1S/C15H15Br2NOS/c1-2-18-14(13-8-11(16)15(17)20-13)10-3-4-12-9(7-10)5-6-19-12/h3-4,7-8,14,18H,2,5-6H2,1H3. The Labute approximate surface area is 139 Å². The number of rotatable bonds is 4. The number of benzene rings is 1. The Kier molecular flexibility index (Phi) is 4.50. The molecule has 0 saturated carbocycles. The lowest BCUT2D eigenvalue weighted by Gasteiger charge is -2.17. The zero-order valence-electron chi connectivity index (χ0n) is 11.1. The minimum absolute atomic E-state index is 0.235. The van der Waals surface area contributed by atoms with E-state index in [1.807, 2.05) is 0 Å². The molecule has 0 radical (unpaired) electrons. The average molecular weight is 417 g/mol. The van der Waals surface area contributed by atoms with Gasteiger partial charge in [-0.25, -0.2) is 0 Å². The summed E-state index contributed by atoms with van der Waals surface area (Å²) in [5.74, 6) is 1.04. The maximum absolute atomic E-state index is 5.59. The number of ether oxygens (including phenoxy) is 1. The minimum Gasteiger partial charge on any atom is -0.493 e. The molecule has 1 aliphatic rings. The Morgan fingerprint density at radius 3 is 2.90 bits per heavy atom. The first kappa shape index (κ1) is 14.6. The monoisotopic (exact) mass is 415 g/mol. The summed E-state index contributed by atoms with van der Waals surface area (Å²) in [5, 5.41) is 3.57. The van der Waals surface area contributed by atoms with Crippen molar-refractivity contribution in [3.8, 4) is 5.75 Å². The summed E-state index contributed by atoms with van der Waals surface area (Å²) in [5.41, 5.74) is 2.62. The molecule has 1 unspecified atom stereocenters. The first-order valence-electron chi connectivity index (χ1n) is 6.62. The van der Waals surface area contributed by atoms with Crippen molar-refractivity contribution in [2.45, 2.75) is 19.4 Å². The third-order valence-corrected chi connectivity index (χ3v) is 6.72. The quantitative estimate of drug-likeness (QED) is 0.764. The molecule has 1 aliphatic heterocycles. The summed E-state index contributed by atoms with van der Waals surface area (Å²) in [4.78, 5) is 1.31. The minimum atomic E-state index is 0.235. The predicted octanol–water partition coefficient (Wildman–Crippen LogP) is 4.91. The third-order valence-electron chi connectivity index (χ3n) is 3.40. The topological polar surface area (TPSA) is 21.3 Å². The lowest BCUT2D eigenvalue weighted by atomic mass is 10.0. The highest BCUT2D eigenvalue weighted by Crippen LogP contribution is 2.38. The molecule has 1 N–H and O–H groups in total. The van der Waals surface area contributed by atoms with E-state index in [1.54, 1.807) is 11.3 Å². The molecule has 5 heteroatoms.